The highest BCUT2D eigenvalue weighted by molar-refractivity contribution is 5.89. The molecule has 0 saturated carbocycles. The van der Waals surface area contributed by atoms with Gasteiger partial charge in [-0.15, -0.1) is 0 Å². The summed E-state index contributed by atoms with van der Waals surface area (Å²) >= 11 is 0. The van der Waals surface area contributed by atoms with E-state index in [1.54, 1.807) is 24.3 Å². The van der Waals surface area contributed by atoms with Crippen molar-refractivity contribution in [3.63, 3.8) is 0 Å². The number of nitrogens with zero attached hydrogens (tertiary/aromatic N) is 2. The molecule has 2 rings (SSSR count). The number of hydrogen-bond acceptors (Lipinski definition) is 4. The summed E-state index contributed by atoms with van der Waals surface area (Å²) in [7, 11) is 0. The molecule has 0 radical (unpaired) electrons. The molecule has 7 nitrogen and oxygen atoms in total. The number of benzene rings is 1. The van der Waals surface area contributed by atoms with Gasteiger partial charge in [-0.05, 0) is 37.6 Å². The number of hydrogen-bond donors (Lipinski definition) is 2. The van der Waals surface area contributed by atoms with Crippen LogP contribution in [-0.4, -0.2) is 28.7 Å². The highest BCUT2D eigenvalue weighted by Crippen LogP contribution is 2.15. The molecule has 1 aromatic carbocycles. The number of amides is 2. The molecular formula is C17H22N4O3. The molecule has 0 aliphatic heterocycles. The summed E-state index contributed by atoms with van der Waals surface area (Å²) in [5.74, 6) is 0.755. The van der Waals surface area contributed by atoms with Crippen molar-refractivity contribution in [3.8, 4) is 5.75 Å². The van der Waals surface area contributed by atoms with Gasteiger partial charge in [-0.3, -0.25) is 9.36 Å². The van der Waals surface area contributed by atoms with E-state index in [2.05, 4.69) is 15.6 Å². The van der Waals surface area contributed by atoms with Gasteiger partial charge < -0.3 is 15.4 Å². The van der Waals surface area contributed by atoms with Crippen LogP contribution in [0.3, 0.4) is 0 Å². The van der Waals surface area contributed by atoms with E-state index in [1.165, 1.54) is 17.0 Å². The van der Waals surface area contributed by atoms with Crippen LogP contribution in [0.5, 0.6) is 5.75 Å². The predicted octanol–water partition coefficient (Wildman–Crippen LogP) is 2.03. The highest BCUT2D eigenvalue weighted by atomic mass is 16.5. The molecule has 2 amide bonds. The molecule has 0 bridgehead atoms. The van der Waals surface area contributed by atoms with Gasteiger partial charge in [0.1, 0.15) is 5.75 Å². The molecule has 128 valence electrons. The van der Waals surface area contributed by atoms with Crippen molar-refractivity contribution >= 4 is 11.7 Å². The van der Waals surface area contributed by atoms with E-state index in [0.717, 1.165) is 17.9 Å². The van der Waals surface area contributed by atoms with Crippen LogP contribution in [-0.2, 0) is 13.0 Å². The van der Waals surface area contributed by atoms with Crippen LogP contribution in [0.2, 0.25) is 0 Å². The average Bonchev–Trinajstić information content (AvgIpc) is 2.58. The lowest BCUT2D eigenvalue weighted by Gasteiger charge is -2.10. The largest absolute Gasteiger partial charge is 0.494 e. The molecule has 0 atom stereocenters. The average molecular weight is 330 g/mol. The van der Waals surface area contributed by atoms with Gasteiger partial charge in [0.05, 0.1) is 12.9 Å². The van der Waals surface area contributed by atoms with Gasteiger partial charge in [0.2, 0.25) is 0 Å². The molecule has 0 fully saturated rings. The number of nitrogens with one attached hydrogen (secondary N) is 2. The van der Waals surface area contributed by atoms with Gasteiger partial charge in [-0.1, -0.05) is 6.92 Å². The maximum atomic E-state index is 11.8. The lowest BCUT2D eigenvalue weighted by Crippen LogP contribution is -2.33. The minimum Gasteiger partial charge on any atom is -0.494 e. The maximum absolute atomic E-state index is 11.8. The van der Waals surface area contributed by atoms with Crippen molar-refractivity contribution in [1.29, 1.82) is 0 Å². The first-order valence-corrected chi connectivity index (χ1v) is 7.95. The molecule has 2 aromatic rings. The topological polar surface area (TPSA) is 85.2 Å². The first-order valence-electron chi connectivity index (χ1n) is 7.95. The Morgan fingerprint density at radius 1 is 1.25 bits per heavy atom. The Morgan fingerprint density at radius 3 is 2.62 bits per heavy atom. The van der Waals surface area contributed by atoms with Crippen molar-refractivity contribution in [1.82, 2.24) is 14.9 Å². The minimum atomic E-state index is -0.328. The fourth-order valence-corrected chi connectivity index (χ4v) is 2.09. The Kier molecular flexibility index (Phi) is 6.36. The lowest BCUT2D eigenvalue weighted by molar-refractivity contribution is 0.251. The number of anilines is 1. The van der Waals surface area contributed by atoms with Crippen LogP contribution in [0.15, 0.2) is 41.5 Å². The first kappa shape index (κ1) is 17.5. The number of rotatable bonds is 7. The Balaban J connectivity index is 1.80. The highest BCUT2D eigenvalue weighted by Gasteiger charge is 2.03. The first-order chi connectivity index (χ1) is 11.6. The number of carbonyl (C=O) groups excluding carboxylic acids is 1. The summed E-state index contributed by atoms with van der Waals surface area (Å²) in [6.45, 7) is 5.15. The smallest absolute Gasteiger partial charge is 0.319 e. The van der Waals surface area contributed by atoms with E-state index in [4.69, 9.17) is 4.74 Å². The standard InChI is InChI=1S/C17H22N4O3/c1-3-13-11-16(22)21(12-19-13)10-9-18-17(23)20-14-5-7-15(8-6-14)24-4-2/h5-8,11-12H,3-4,9-10H2,1-2H3,(H2,18,20,23). The summed E-state index contributed by atoms with van der Waals surface area (Å²) < 4.78 is 6.81. The zero-order valence-electron chi connectivity index (χ0n) is 13.9. The summed E-state index contributed by atoms with van der Waals surface area (Å²) in [5, 5.41) is 5.43. The fourth-order valence-electron chi connectivity index (χ4n) is 2.09. The van der Waals surface area contributed by atoms with Crippen LogP contribution < -0.4 is 20.9 Å². The summed E-state index contributed by atoms with van der Waals surface area (Å²) in [4.78, 5) is 27.8. The third kappa shape index (κ3) is 5.12. The Bertz CT molecular complexity index is 725. The van der Waals surface area contributed by atoms with Crippen molar-refractivity contribution in [3.05, 3.63) is 52.7 Å². The van der Waals surface area contributed by atoms with Crippen LogP contribution in [0, 0.1) is 0 Å². The monoisotopic (exact) mass is 330 g/mol. The predicted molar refractivity (Wildman–Crippen MR) is 92.5 cm³/mol. The molecule has 2 N–H and O–H groups in total. The minimum absolute atomic E-state index is 0.115. The molecule has 0 spiro atoms. The number of carbonyl (C=O) groups is 1. The second-order valence-electron chi connectivity index (χ2n) is 5.10. The van der Waals surface area contributed by atoms with Gasteiger partial charge in [0, 0.05) is 30.5 Å². The van der Waals surface area contributed by atoms with E-state index < -0.39 is 0 Å². The molecule has 0 saturated heterocycles. The second kappa shape index (κ2) is 8.71. The maximum Gasteiger partial charge on any atom is 0.319 e. The summed E-state index contributed by atoms with van der Waals surface area (Å²) in [5.41, 5.74) is 1.31. The number of urea groups is 1. The lowest BCUT2D eigenvalue weighted by atomic mass is 10.3. The van der Waals surface area contributed by atoms with Crippen molar-refractivity contribution in [2.75, 3.05) is 18.5 Å². The van der Waals surface area contributed by atoms with Gasteiger partial charge in [0.25, 0.3) is 5.56 Å². The molecule has 0 aliphatic carbocycles. The zero-order chi connectivity index (χ0) is 17.4. The number of ether oxygens (including phenoxy) is 1. The Hall–Kier alpha value is -2.83. The quantitative estimate of drug-likeness (QED) is 0.813. The zero-order valence-corrected chi connectivity index (χ0v) is 13.9. The van der Waals surface area contributed by atoms with E-state index in [-0.39, 0.29) is 11.6 Å². The number of aryl methyl sites for hydroxylation is 1. The second-order valence-corrected chi connectivity index (χ2v) is 5.10. The van der Waals surface area contributed by atoms with Gasteiger partial charge in [0.15, 0.2) is 0 Å². The van der Waals surface area contributed by atoms with Gasteiger partial charge in [-0.25, -0.2) is 9.78 Å². The third-order valence-corrected chi connectivity index (χ3v) is 3.36. The van der Waals surface area contributed by atoms with Crippen molar-refractivity contribution < 1.29 is 9.53 Å². The van der Waals surface area contributed by atoms with Crippen LogP contribution >= 0.6 is 0 Å². The van der Waals surface area contributed by atoms with Crippen LogP contribution in [0.4, 0.5) is 10.5 Å². The molecule has 7 heteroatoms. The SMILES string of the molecule is CCOc1ccc(NC(=O)NCCn2cnc(CC)cc2=O)cc1. The number of aromatic nitrogens is 2. The van der Waals surface area contributed by atoms with E-state index in [0.29, 0.717) is 25.4 Å². The molecule has 1 aromatic heterocycles. The van der Waals surface area contributed by atoms with E-state index in [1.807, 2.05) is 13.8 Å². The fraction of sp³-hybridized carbons (Fsp3) is 0.353. The Labute approximate surface area is 140 Å². The molecule has 0 aliphatic rings. The normalized spacial score (nSPS) is 10.2. The summed E-state index contributed by atoms with van der Waals surface area (Å²) in [6, 6.07) is 8.30. The third-order valence-electron chi connectivity index (χ3n) is 3.36. The van der Waals surface area contributed by atoms with Crippen molar-refractivity contribution in [2.45, 2.75) is 26.8 Å². The summed E-state index contributed by atoms with van der Waals surface area (Å²) in [6.07, 6.45) is 2.23. The van der Waals surface area contributed by atoms with Gasteiger partial charge >= 0.3 is 6.03 Å². The van der Waals surface area contributed by atoms with Crippen LogP contribution in [0.25, 0.3) is 0 Å². The van der Waals surface area contributed by atoms with E-state index >= 15 is 0 Å². The van der Waals surface area contributed by atoms with E-state index in [9.17, 15) is 9.59 Å². The molecule has 24 heavy (non-hydrogen) atoms. The van der Waals surface area contributed by atoms with Crippen molar-refractivity contribution in [2.24, 2.45) is 0 Å². The molecule has 1 heterocycles. The molecule has 0 unspecified atom stereocenters. The van der Waals surface area contributed by atoms with Gasteiger partial charge in [-0.2, -0.15) is 0 Å². The van der Waals surface area contributed by atoms with Crippen LogP contribution in [0.1, 0.15) is 19.5 Å². The Morgan fingerprint density at radius 2 is 2.00 bits per heavy atom. The molecular weight excluding hydrogens is 308 g/mol.